The fourth-order valence-corrected chi connectivity index (χ4v) is 1.84. The molecule has 0 aromatic carbocycles. The fourth-order valence-electron chi connectivity index (χ4n) is 1.84. The van der Waals surface area contributed by atoms with Crippen molar-refractivity contribution >= 4 is 0 Å². The molecule has 0 spiro atoms. The van der Waals surface area contributed by atoms with Crippen LogP contribution in [0.3, 0.4) is 0 Å². The highest BCUT2D eigenvalue weighted by Crippen LogP contribution is 2.25. The maximum absolute atomic E-state index is 5.10. The highest BCUT2D eigenvalue weighted by molar-refractivity contribution is 4.64. The summed E-state index contributed by atoms with van der Waals surface area (Å²) in [4.78, 5) is 9.96. The van der Waals surface area contributed by atoms with E-state index in [9.17, 15) is 0 Å². The van der Waals surface area contributed by atoms with Gasteiger partial charge in [-0.15, -0.1) is 0 Å². The van der Waals surface area contributed by atoms with E-state index >= 15 is 0 Å². The van der Waals surface area contributed by atoms with Crippen LogP contribution in [0.1, 0.15) is 45.4 Å². The van der Waals surface area contributed by atoms with Crippen LogP contribution in [0.15, 0.2) is 0 Å². The van der Waals surface area contributed by atoms with Crippen LogP contribution in [0.25, 0.3) is 0 Å². The lowest BCUT2D eigenvalue weighted by atomic mass is 9.87. The molecule has 0 heterocycles. The van der Waals surface area contributed by atoms with E-state index in [0.29, 0.717) is 6.61 Å². The summed E-state index contributed by atoms with van der Waals surface area (Å²) in [5, 5.41) is 0. The van der Waals surface area contributed by atoms with Crippen LogP contribution in [-0.2, 0) is 9.68 Å². The largest absolute Gasteiger partial charge is 0.277 e. The lowest BCUT2D eigenvalue weighted by molar-refractivity contribution is -0.169. The van der Waals surface area contributed by atoms with Crippen molar-refractivity contribution < 1.29 is 9.68 Å². The van der Waals surface area contributed by atoms with E-state index in [1.165, 1.54) is 38.5 Å². The van der Waals surface area contributed by atoms with Crippen molar-refractivity contribution in [3.63, 3.8) is 0 Å². The van der Waals surface area contributed by atoms with Gasteiger partial charge in [-0.1, -0.05) is 37.7 Å². The second-order valence-electron chi connectivity index (χ2n) is 3.66. The molecule has 1 N–H and O–H groups in total. The summed E-state index contributed by atoms with van der Waals surface area (Å²) in [6, 6.07) is 0. The van der Waals surface area contributed by atoms with Gasteiger partial charge in [-0.3, -0.25) is 9.68 Å². The molecule has 0 amide bonds. The van der Waals surface area contributed by atoms with Gasteiger partial charge in [0.2, 0.25) is 0 Å². The topological polar surface area (TPSA) is 30.5 Å². The fraction of sp³-hybridized carbons (Fsp3) is 1.00. The molecule has 0 unspecified atom stereocenters. The van der Waals surface area contributed by atoms with E-state index in [1.807, 2.05) is 6.92 Å². The molecule has 1 aliphatic rings. The number of rotatable bonds is 6. The molecule has 0 aromatic heterocycles. The zero-order chi connectivity index (χ0) is 9.36. The molecule has 1 rings (SSSR count). The predicted molar refractivity (Wildman–Crippen MR) is 51.9 cm³/mol. The molecule has 3 heteroatoms. The van der Waals surface area contributed by atoms with Crippen LogP contribution in [0.5, 0.6) is 0 Å². The molecular weight excluding hydrogens is 166 g/mol. The van der Waals surface area contributed by atoms with Gasteiger partial charge in [-0.25, -0.2) is 0 Å². The average molecular weight is 187 g/mol. The predicted octanol–water partition coefficient (Wildman–Crippen LogP) is 2.43. The second kappa shape index (κ2) is 7.30. The summed E-state index contributed by atoms with van der Waals surface area (Å²) in [6.45, 7) is 3.34. The smallest absolute Gasteiger partial charge is 0.0711 e. The maximum atomic E-state index is 5.10. The molecule has 0 aromatic rings. The Morgan fingerprint density at radius 1 is 1.15 bits per heavy atom. The van der Waals surface area contributed by atoms with E-state index in [2.05, 4.69) is 5.64 Å². The normalized spacial score (nSPS) is 19.2. The maximum Gasteiger partial charge on any atom is 0.0711 e. The molecule has 3 nitrogen and oxygen atoms in total. The van der Waals surface area contributed by atoms with Gasteiger partial charge in [0.1, 0.15) is 0 Å². The monoisotopic (exact) mass is 187 g/mol. The zero-order valence-electron chi connectivity index (χ0n) is 8.55. The van der Waals surface area contributed by atoms with Crippen molar-refractivity contribution in [2.45, 2.75) is 45.4 Å². The van der Waals surface area contributed by atoms with Gasteiger partial charge in [0.05, 0.1) is 13.2 Å². The van der Waals surface area contributed by atoms with Crippen molar-refractivity contribution in [1.29, 1.82) is 0 Å². The molecule has 78 valence electrons. The Labute approximate surface area is 80.7 Å². The van der Waals surface area contributed by atoms with Crippen LogP contribution in [0.4, 0.5) is 0 Å². The third-order valence-corrected chi connectivity index (χ3v) is 2.62. The zero-order valence-corrected chi connectivity index (χ0v) is 8.55. The SMILES string of the molecule is CCONOCCC1CCCCC1. The van der Waals surface area contributed by atoms with Crippen LogP contribution in [0, 0.1) is 5.92 Å². The highest BCUT2D eigenvalue weighted by Gasteiger charge is 2.12. The molecule has 0 aliphatic heterocycles. The van der Waals surface area contributed by atoms with Crippen LogP contribution < -0.4 is 5.64 Å². The average Bonchev–Trinajstić information content (AvgIpc) is 2.19. The van der Waals surface area contributed by atoms with Gasteiger partial charge < -0.3 is 0 Å². The summed E-state index contributed by atoms with van der Waals surface area (Å²) >= 11 is 0. The van der Waals surface area contributed by atoms with Gasteiger partial charge in [0.25, 0.3) is 0 Å². The summed E-state index contributed by atoms with van der Waals surface area (Å²) in [5.74, 6) is 0.886. The summed E-state index contributed by atoms with van der Waals surface area (Å²) < 4.78 is 0. The van der Waals surface area contributed by atoms with E-state index in [1.54, 1.807) is 0 Å². The van der Waals surface area contributed by atoms with Crippen LogP contribution >= 0.6 is 0 Å². The minimum absolute atomic E-state index is 0.642. The van der Waals surface area contributed by atoms with Gasteiger partial charge in [0.15, 0.2) is 0 Å². The quantitative estimate of drug-likeness (QED) is 0.511. The highest BCUT2D eigenvalue weighted by atomic mass is 16.9. The first-order valence-corrected chi connectivity index (χ1v) is 5.42. The molecule has 1 aliphatic carbocycles. The van der Waals surface area contributed by atoms with Crippen molar-refractivity contribution in [1.82, 2.24) is 5.64 Å². The first-order valence-electron chi connectivity index (χ1n) is 5.42. The van der Waals surface area contributed by atoms with Crippen molar-refractivity contribution in [2.75, 3.05) is 13.2 Å². The Morgan fingerprint density at radius 2 is 1.92 bits per heavy atom. The van der Waals surface area contributed by atoms with E-state index in [0.717, 1.165) is 12.5 Å². The van der Waals surface area contributed by atoms with Gasteiger partial charge in [-0.05, 0) is 19.3 Å². The Hall–Kier alpha value is -0.120. The first kappa shape index (κ1) is 11.0. The van der Waals surface area contributed by atoms with Gasteiger partial charge in [0, 0.05) is 0 Å². The van der Waals surface area contributed by atoms with E-state index in [-0.39, 0.29) is 0 Å². The second-order valence-corrected chi connectivity index (χ2v) is 3.66. The molecular formula is C10H21NO2. The molecule has 1 saturated carbocycles. The molecule has 0 saturated heterocycles. The summed E-state index contributed by atoms with van der Waals surface area (Å²) in [7, 11) is 0. The summed E-state index contributed by atoms with van der Waals surface area (Å²) in [6.07, 6.45) is 8.18. The molecule has 1 fully saturated rings. The third-order valence-electron chi connectivity index (χ3n) is 2.62. The Kier molecular flexibility index (Phi) is 6.15. The first-order chi connectivity index (χ1) is 6.43. The van der Waals surface area contributed by atoms with E-state index < -0.39 is 0 Å². The molecule has 0 bridgehead atoms. The van der Waals surface area contributed by atoms with Crippen molar-refractivity contribution in [3.8, 4) is 0 Å². The molecule has 13 heavy (non-hydrogen) atoms. The Balaban J connectivity index is 1.86. The van der Waals surface area contributed by atoms with Crippen molar-refractivity contribution in [2.24, 2.45) is 5.92 Å². The number of nitrogens with one attached hydrogen (secondary N) is 1. The standard InChI is InChI=1S/C10H21NO2/c1-2-12-11-13-9-8-10-6-4-3-5-7-10/h10-11H,2-9H2,1H3. The Bertz CT molecular complexity index is 113. The lowest BCUT2D eigenvalue weighted by Gasteiger charge is -2.20. The van der Waals surface area contributed by atoms with Crippen LogP contribution in [-0.4, -0.2) is 13.2 Å². The number of hydrogen-bond donors (Lipinski definition) is 1. The minimum Gasteiger partial charge on any atom is -0.277 e. The lowest BCUT2D eigenvalue weighted by Crippen LogP contribution is -2.18. The Morgan fingerprint density at radius 3 is 2.62 bits per heavy atom. The third kappa shape index (κ3) is 5.24. The molecule has 0 atom stereocenters. The van der Waals surface area contributed by atoms with Gasteiger partial charge >= 0.3 is 0 Å². The van der Waals surface area contributed by atoms with Crippen molar-refractivity contribution in [3.05, 3.63) is 0 Å². The van der Waals surface area contributed by atoms with Crippen LogP contribution in [0.2, 0.25) is 0 Å². The summed E-state index contributed by atoms with van der Waals surface area (Å²) in [5.41, 5.74) is 2.47. The number of hydrogen-bond acceptors (Lipinski definition) is 3. The van der Waals surface area contributed by atoms with E-state index in [4.69, 9.17) is 9.68 Å². The molecule has 0 radical (unpaired) electrons. The van der Waals surface area contributed by atoms with Gasteiger partial charge in [-0.2, -0.15) is 0 Å². The minimum atomic E-state index is 0.642.